The van der Waals surface area contributed by atoms with E-state index >= 15 is 0 Å². The highest BCUT2D eigenvalue weighted by Crippen LogP contribution is 2.33. The molecule has 1 rings (SSSR count). The molecule has 0 unspecified atom stereocenters. The van der Waals surface area contributed by atoms with Crippen molar-refractivity contribution in [3.8, 4) is 0 Å². The van der Waals surface area contributed by atoms with E-state index in [2.05, 4.69) is 23.3 Å². The molecule has 1 aromatic rings. The minimum atomic E-state index is 0.794. The van der Waals surface area contributed by atoms with Crippen molar-refractivity contribution >= 4 is 47.7 Å². The molecular weight excluding hydrogens is 214 g/mol. The largest absolute Gasteiger partial charge is 0.185 e. The molecule has 0 spiro atoms. The number of hydrogen-bond acceptors (Lipinski definition) is 5. The van der Waals surface area contributed by atoms with Crippen molar-refractivity contribution in [3.05, 3.63) is 5.56 Å². The molecule has 0 fully saturated rings. The fourth-order valence-electron chi connectivity index (χ4n) is 0.734. The first-order valence-electron chi connectivity index (χ1n) is 3.00. The van der Waals surface area contributed by atoms with Crippen LogP contribution in [0.3, 0.4) is 0 Å². The number of aromatic nitrogens is 1. The molecule has 0 radical (unpaired) electrons. The van der Waals surface area contributed by atoms with Crippen molar-refractivity contribution in [2.75, 3.05) is 12.5 Å². The molecule has 0 saturated carbocycles. The summed E-state index contributed by atoms with van der Waals surface area (Å²) in [5.74, 6) is 0.794. The van der Waals surface area contributed by atoms with Gasteiger partial charge < -0.3 is 0 Å². The van der Waals surface area contributed by atoms with Crippen molar-refractivity contribution in [2.24, 2.45) is 0 Å². The lowest BCUT2D eigenvalue weighted by Crippen LogP contribution is -1.78. The molecule has 0 N–H and O–H groups in total. The van der Waals surface area contributed by atoms with Gasteiger partial charge in [0, 0.05) is 11.3 Å². The van der Waals surface area contributed by atoms with Gasteiger partial charge in [-0.1, -0.05) is 0 Å². The Morgan fingerprint density at radius 1 is 1.45 bits per heavy atom. The number of rotatable bonds is 3. The number of thioether (sulfide) groups is 2. The van der Waals surface area contributed by atoms with Crippen LogP contribution < -0.4 is 0 Å². The molecule has 1 nitrogen and oxygen atoms in total. The summed E-state index contributed by atoms with van der Waals surface area (Å²) < 4.78 is 5.61. The molecule has 0 aliphatic carbocycles. The van der Waals surface area contributed by atoms with E-state index in [0.717, 1.165) is 10.8 Å². The summed E-state index contributed by atoms with van der Waals surface area (Å²) in [6.07, 6.45) is 4.12. The molecule has 62 valence electrons. The van der Waals surface area contributed by atoms with Crippen molar-refractivity contribution < 1.29 is 0 Å². The van der Waals surface area contributed by atoms with Gasteiger partial charge in [0.05, 0.1) is 4.21 Å². The Bertz CT molecular complexity index is 211. The predicted octanol–water partition coefficient (Wildman–Crippen LogP) is 3.02. The molecule has 0 saturated heterocycles. The monoisotopic (exact) mass is 223 g/mol. The minimum Gasteiger partial charge on any atom is -0.185 e. The summed E-state index contributed by atoms with van der Waals surface area (Å²) in [6, 6.07) is 0. The second-order valence-corrected chi connectivity index (χ2v) is 4.78. The van der Waals surface area contributed by atoms with Crippen LogP contribution in [0.15, 0.2) is 9.24 Å². The zero-order chi connectivity index (χ0) is 8.27. The second kappa shape index (κ2) is 4.64. The van der Waals surface area contributed by atoms with E-state index in [1.807, 2.05) is 6.26 Å². The fraction of sp³-hybridized carbons (Fsp3) is 0.500. The first-order chi connectivity index (χ1) is 5.33. The molecule has 1 heterocycles. The van der Waals surface area contributed by atoms with Gasteiger partial charge in [0.2, 0.25) is 0 Å². The van der Waals surface area contributed by atoms with E-state index < -0.39 is 0 Å². The van der Waals surface area contributed by atoms with Crippen LogP contribution in [-0.2, 0) is 5.75 Å². The maximum atomic E-state index is 4.31. The van der Waals surface area contributed by atoms with E-state index in [4.69, 9.17) is 0 Å². The van der Waals surface area contributed by atoms with Gasteiger partial charge in [-0.25, -0.2) is 0 Å². The van der Waals surface area contributed by atoms with Crippen LogP contribution in [0, 0.1) is 0 Å². The quantitative estimate of drug-likeness (QED) is 0.625. The summed E-state index contributed by atoms with van der Waals surface area (Å²) >= 11 is 9.28. The summed E-state index contributed by atoms with van der Waals surface area (Å²) in [6.45, 7) is 0. The SMILES string of the molecule is CSc1nsc(SC)c1CS. The molecule has 0 aromatic carbocycles. The Morgan fingerprint density at radius 3 is 2.64 bits per heavy atom. The lowest BCUT2D eigenvalue weighted by atomic mass is 10.4. The van der Waals surface area contributed by atoms with Crippen molar-refractivity contribution in [3.63, 3.8) is 0 Å². The molecule has 0 bridgehead atoms. The summed E-state index contributed by atoms with van der Waals surface area (Å²) in [7, 11) is 0. The lowest BCUT2D eigenvalue weighted by Gasteiger charge is -1.95. The Balaban J connectivity index is 2.99. The molecule has 0 atom stereocenters. The van der Waals surface area contributed by atoms with Crippen LogP contribution in [0.1, 0.15) is 5.56 Å². The summed E-state index contributed by atoms with van der Waals surface area (Å²) in [5.41, 5.74) is 1.29. The highest BCUT2D eigenvalue weighted by atomic mass is 32.2. The first kappa shape index (κ1) is 9.77. The van der Waals surface area contributed by atoms with Gasteiger partial charge in [-0.05, 0) is 24.0 Å². The number of thiol groups is 1. The second-order valence-electron chi connectivity index (χ2n) is 1.82. The maximum Gasteiger partial charge on any atom is 0.115 e. The zero-order valence-electron chi connectivity index (χ0n) is 6.33. The fourth-order valence-corrected chi connectivity index (χ4v) is 3.70. The van der Waals surface area contributed by atoms with Gasteiger partial charge in [0.1, 0.15) is 5.03 Å². The highest BCUT2D eigenvalue weighted by Gasteiger charge is 2.09. The number of hydrogen-bond donors (Lipinski definition) is 1. The smallest absolute Gasteiger partial charge is 0.115 e. The van der Waals surface area contributed by atoms with E-state index in [0.29, 0.717) is 0 Å². The third-order valence-corrected chi connectivity index (χ3v) is 4.44. The minimum absolute atomic E-state index is 0.794. The Morgan fingerprint density at radius 2 is 2.18 bits per heavy atom. The van der Waals surface area contributed by atoms with Gasteiger partial charge in [-0.3, -0.25) is 0 Å². The van der Waals surface area contributed by atoms with Crippen LogP contribution in [0.25, 0.3) is 0 Å². The van der Waals surface area contributed by atoms with E-state index in [9.17, 15) is 0 Å². The lowest BCUT2D eigenvalue weighted by molar-refractivity contribution is 1.17. The van der Waals surface area contributed by atoms with Crippen molar-refractivity contribution in [1.29, 1.82) is 0 Å². The van der Waals surface area contributed by atoms with Crippen molar-refractivity contribution in [1.82, 2.24) is 4.37 Å². The van der Waals surface area contributed by atoms with Crippen LogP contribution in [0.4, 0.5) is 0 Å². The zero-order valence-corrected chi connectivity index (χ0v) is 9.67. The molecule has 0 amide bonds. The molecular formula is C6H9NS4. The molecule has 11 heavy (non-hydrogen) atoms. The van der Waals surface area contributed by atoms with Crippen LogP contribution >= 0.6 is 47.7 Å². The van der Waals surface area contributed by atoms with Gasteiger partial charge in [0.25, 0.3) is 0 Å². The summed E-state index contributed by atoms with van der Waals surface area (Å²) in [4.78, 5) is 0. The highest BCUT2D eigenvalue weighted by molar-refractivity contribution is 8.01. The van der Waals surface area contributed by atoms with Gasteiger partial charge >= 0.3 is 0 Å². The average molecular weight is 223 g/mol. The van der Waals surface area contributed by atoms with Gasteiger partial charge in [-0.2, -0.15) is 17.0 Å². The molecule has 1 aromatic heterocycles. The Hall–Kier alpha value is 0.680. The van der Waals surface area contributed by atoms with Gasteiger partial charge in [-0.15, -0.1) is 23.5 Å². The topological polar surface area (TPSA) is 12.9 Å². The maximum absolute atomic E-state index is 4.31. The first-order valence-corrected chi connectivity index (χ1v) is 6.86. The standard InChI is InChI=1S/C6H9NS4/c1-9-5-4(3-8)6(10-2)11-7-5/h8H,3H2,1-2H3. The summed E-state index contributed by atoms with van der Waals surface area (Å²) in [5, 5.41) is 1.13. The van der Waals surface area contributed by atoms with Crippen LogP contribution in [0.5, 0.6) is 0 Å². The third kappa shape index (κ3) is 2.08. The normalized spacial score (nSPS) is 10.5. The molecule has 5 heteroatoms. The van der Waals surface area contributed by atoms with E-state index in [1.165, 1.54) is 9.77 Å². The third-order valence-electron chi connectivity index (χ3n) is 1.25. The van der Waals surface area contributed by atoms with Crippen LogP contribution in [-0.4, -0.2) is 16.9 Å². The van der Waals surface area contributed by atoms with Crippen molar-refractivity contribution in [2.45, 2.75) is 15.0 Å². The Labute approximate surface area is 84.9 Å². The van der Waals surface area contributed by atoms with E-state index in [1.54, 1.807) is 35.1 Å². The number of nitrogens with zero attached hydrogens (tertiary/aromatic N) is 1. The predicted molar refractivity (Wildman–Crippen MR) is 58.4 cm³/mol. The molecule has 0 aliphatic heterocycles. The van der Waals surface area contributed by atoms with Gasteiger partial charge in [0.15, 0.2) is 0 Å². The average Bonchev–Trinajstić information content (AvgIpc) is 2.45. The van der Waals surface area contributed by atoms with Crippen LogP contribution in [0.2, 0.25) is 0 Å². The van der Waals surface area contributed by atoms with E-state index in [-0.39, 0.29) is 0 Å². The Kier molecular flexibility index (Phi) is 4.12. The molecule has 0 aliphatic rings.